The van der Waals surface area contributed by atoms with Gasteiger partial charge in [0.1, 0.15) is 36.6 Å². The zero-order valence-corrected chi connectivity index (χ0v) is 19.6. The van der Waals surface area contributed by atoms with Crippen LogP contribution in [-0.4, -0.2) is 27.4 Å². The van der Waals surface area contributed by atoms with E-state index in [1.165, 1.54) is 0 Å². The number of hydrogen-bond donors (Lipinski definition) is 1. The summed E-state index contributed by atoms with van der Waals surface area (Å²) >= 11 is 6.14. The summed E-state index contributed by atoms with van der Waals surface area (Å²) in [7, 11) is 0. The molecule has 3 aromatic carbocycles. The summed E-state index contributed by atoms with van der Waals surface area (Å²) in [5.74, 6) is 2.17. The van der Waals surface area contributed by atoms with E-state index in [1.807, 2.05) is 73.0 Å². The molecule has 0 fully saturated rings. The summed E-state index contributed by atoms with van der Waals surface area (Å²) in [5, 5.41) is 11.2. The average Bonchev–Trinajstić information content (AvgIpc) is 3.10. The number of benzene rings is 3. The van der Waals surface area contributed by atoms with Gasteiger partial charge in [0.05, 0.1) is 22.6 Å². The predicted octanol–water partition coefficient (Wildman–Crippen LogP) is 5.75. The third-order valence-corrected chi connectivity index (χ3v) is 5.46. The Labute approximate surface area is 199 Å². The predicted molar refractivity (Wildman–Crippen MR) is 130 cm³/mol. The van der Waals surface area contributed by atoms with Crippen LogP contribution in [0.2, 0.25) is 5.02 Å². The molecule has 7 heteroatoms. The van der Waals surface area contributed by atoms with Gasteiger partial charge in [-0.25, -0.2) is 4.98 Å². The minimum Gasteiger partial charge on any atom is -0.489 e. The molecule has 0 spiro atoms. The van der Waals surface area contributed by atoms with Gasteiger partial charge in [-0.1, -0.05) is 54.1 Å². The Bertz CT molecular complexity index is 1170. The fourth-order valence-electron chi connectivity index (χ4n) is 3.61. The molecule has 4 rings (SSSR count). The lowest BCUT2D eigenvalue weighted by molar-refractivity contribution is 0.0918. The van der Waals surface area contributed by atoms with Gasteiger partial charge in [0, 0.05) is 0 Å². The third-order valence-electron chi connectivity index (χ3n) is 5.15. The van der Waals surface area contributed by atoms with Gasteiger partial charge < -0.3 is 19.1 Å². The van der Waals surface area contributed by atoms with Gasteiger partial charge in [-0.2, -0.15) is 0 Å². The van der Waals surface area contributed by atoms with E-state index < -0.39 is 6.10 Å². The molecule has 0 aliphatic rings. The number of rotatable bonds is 8. The van der Waals surface area contributed by atoms with Gasteiger partial charge in [0.15, 0.2) is 0 Å². The first-order valence-electron chi connectivity index (χ1n) is 10.2. The number of nitrogens with zero attached hydrogens (tertiary/aromatic N) is 2. The number of ether oxygens (including phenoxy) is 2. The summed E-state index contributed by atoms with van der Waals surface area (Å²) in [6.45, 7) is 4.81. The highest BCUT2D eigenvalue weighted by atomic mass is 35.5. The van der Waals surface area contributed by atoms with Gasteiger partial charge in [0.2, 0.25) is 0 Å². The number of hydrogen-bond acceptors (Lipinski definition) is 4. The van der Waals surface area contributed by atoms with E-state index in [0.29, 0.717) is 23.9 Å². The number of aliphatic hydroxyl groups is 1. The summed E-state index contributed by atoms with van der Waals surface area (Å²) in [4.78, 5) is 4.74. The Balaban J connectivity index is 0.00000289. The minimum atomic E-state index is -0.743. The highest BCUT2D eigenvalue weighted by Gasteiger charge is 2.16. The number of fused-ring (bicyclic) bond motifs is 1. The Kier molecular flexibility index (Phi) is 8.02. The van der Waals surface area contributed by atoms with Crippen LogP contribution >= 0.6 is 24.0 Å². The maximum atomic E-state index is 10.7. The molecule has 0 aliphatic heterocycles. The highest BCUT2D eigenvalue weighted by Crippen LogP contribution is 2.25. The fraction of sp³-hybridized carbons (Fsp3) is 0.240. The van der Waals surface area contributed by atoms with Gasteiger partial charge >= 0.3 is 0 Å². The van der Waals surface area contributed by atoms with E-state index >= 15 is 0 Å². The minimum absolute atomic E-state index is 0. The molecule has 32 heavy (non-hydrogen) atoms. The lowest BCUT2D eigenvalue weighted by atomic mass is 10.1. The smallest absolute Gasteiger partial charge is 0.148 e. The van der Waals surface area contributed by atoms with E-state index in [1.54, 1.807) is 12.1 Å². The number of halogens is 2. The Morgan fingerprint density at radius 3 is 2.38 bits per heavy atom. The second kappa shape index (κ2) is 10.7. The SMILES string of the molecule is Cc1cccc(C)c1OCc1nc2ccccc2n1CC(O)COc1ccccc1Cl.Cl. The number of imidazole rings is 1. The number of aliphatic hydroxyl groups excluding tert-OH is 1. The Morgan fingerprint density at radius 2 is 1.62 bits per heavy atom. The van der Waals surface area contributed by atoms with E-state index in [0.717, 1.165) is 33.7 Å². The van der Waals surface area contributed by atoms with Crippen LogP contribution in [0.4, 0.5) is 0 Å². The van der Waals surface area contributed by atoms with Crippen molar-refractivity contribution in [3.63, 3.8) is 0 Å². The van der Waals surface area contributed by atoms with Crippen molar-refractivity contribution < 1.29 is 14.6 Å². The van der Waals surface area contributed by atoms with Gasteiger partial charge in [-0.15, -0.1) is 12.4 Å². The van der Waals surface area contributed by atoms with Crippen LogP contribution in [0.3, 0.4) is 0 Å². The quantitative estimate of drug-likeness (QED) is 0.354. The molecule has 1 N–H and O–H groups in total. The molecule has 0 bridgehead atoms. The van der Waals surface area contributed by atoms with Crippen LogP contribution in [0.15, 0.2) is 66.7 Å². The van der Waals surface area contributed by atoms with Crippen LogP contribution < -0.4 is 9.47 Å². The molecule has 5 nitrogen and oxygen atoms in total. The molecular weight excluding hydrogens is 447 g/mol. The fourth-order valence-corrected chi connectivity index (χ4v) is 3.80. The molecule has 0 radical (unpaired) electrons. The monoisotopic (exact) mass is 472 g/mol. The average molecular weight is 473 g/mol. The zero-order valence-electron chi connectivity index (χ0n) is 18.0. The maximum Gasteiger partial charge on any atom is 0.148 e. The van der Waals surface area contributed by atoms with Gasteiger partial charge in [-0.05, 0) is 49.2 Å². The van der Waals surface area contributed by atoms with Crippen molar-refractivity contribution in [3.8, 4) is 11.5 Å². The van der Waals surface area contributed by atoms with Crippen LogP contribution in [0.5, 0.6) is 11.5 Å². The second-order valence-electron chi connectivity index (χ2n) is 7.53. The summed E-state index contributed by atoms with van der Waals surface area (Å²) < 4.78 is 13.8. The van der Waals surface area contributed by atoms with Crippen molar-refractivity contribution in [3.05, 3.63) is 88.7 Å². The largest absolute Gasteiger partial charge is 0.489 e. The zero-order chi connectivity index (χ0) is 21.8. The number of aromatic nitrogens is 2. The van der Waals surface area contributed by atoms with Crippen LogP contribution in [0, 0.1) is 13.8 Å². The normalized spacial score (nSPS) is 11.8. The van der Waals surface area contributed by atoms with Crippen molar-refractivity contribution in [1.29, 1.82) is 0 Å². The molecule has 0 saturated carbocycles. The standard InChI is InChI=1S/C25H25ClN2O3.ClH/c1-17-8-7-9-18(2)25(17)31-16-24-27-21-11-4-5-12-22(21)28(24)14-19(29)15-30-23-13-6-3-10-20(23)26;/h3-13,19,29H,14-16H2,1-2H3;1H. The van der Waals surface area contributed by atoms with Crippen molar-refractivity contribution in [1.82, 2.24) is 9.55 Å². The number of para-hydroxylation sites is 4. The molecule has 1 aromatic heterocycles. The van der Waals surface area contributed by atoms with E-state index in [2.05, 4.69) is 0 Å². The number of aryl methyl sites for hydroxylation is 2. The van der Waals surface area contributed by atoms with Crippen LogP contribution in [0.25, 0.3) is 11.0 Å². The third kappa shape index (κ3) is 5.36. The first-order chi connectivity index (χ1) is 15.0. The van der Waals surface area contributed by atoms with Gasteiger partial charge in [-0.3, -0.25) is 0 Å². The van der Waals surface area contributed by atoms with E-state index in [-0.39, 0.29) is 19.0 Å². The summed E-state index contributed by atoms with van der Waals surface area (Å²) in [6.07, 6.45) is -0.743. The lowest BCUT2D eigenvalue weighted by Gasteiger charge is -2.17. The molecule has 4 aromatic rings. The van der Waals surface area contributed by atoms with Crippen LogP contribution in [-0.2, 0) is 13.2 Å². The Morgan fingerprint density at radius 1 is 0.938 bits per heavy atom. The first kappa shape index (κ1) is 23.9. The van der Waals surface area contributed by atoms with Crippen molar-refractivity contribution in [2.45, 2.75) is 33.1 Å². The first-order valence-corrected chi connectivity index (χ1v) is 10.6. The van der Waals surface area contributed by atoms with Crippen molar-refractivity contribution in [2.75, 3.05) is 6.61 Å². The summed E-state index contributed by atoms with van der Waals surface area (Å²) in [5.41, 5.74) is 3.97. The van der Waals surface area contributed by atoms with Gasteiger partial charge in [0.25, 0.3) is 0 Å². The molecule has 1 heterocycles. The lowest BCUT2D eigenvalue weighted by Crippen LogP contribution is -2.25. The highest BCUT2D eigenvalue weighted by molar-refractivity contribution is 6.32. The molecule has 168 valence electrons. The molecule has 0 aliphatic carbocycles. The maximum absolute atomic E-state index is 10.7. The Hall–Kier alpha value is -2.73. The van der Waals surface area contributed by atoms with E-state index in [4.69, 9.17) is 26.1 Å². The van der Waals surface area contributed by atoms with Crippen molar-refractivity contribution in [2.24, 2.45) is 0 Å². The summed E-state index contributed by atoms with van der Waals surface area (Å²) in [6, 6.07) is 21.2. The van der Waals surface area contributed by atoms with E-state index in [9.17, 15) is 5.11 Å². The van der Waals surface area contributed by atoms with Crippen LogP contribution in [0.1, 0.15) is 17.0 Å². The molecular formula is C25H26Cl2N2O3. The second-order valence-corrected chi connectivity index (χ2v) is 7.94. The topological polar surface area (TPSA) is 56.5 Å². The van der Waals surface area contributed by atoms with Crippen molar-refractivity contribution >= 4 is 35.0 Å². The molecule has 1 atom stereocenters. The molecule has 1 unspecified atom stereocenters. The molecule has 0 saturated heterocycles. The molecule has 0 amide bonds.